The Morgan fingerprint density at radius 1 is 1.50 bits per heavy atom. The van der Waals surface area contributed by atoms with E-state index in [2.05, 4.69) is 5.32 Å². The second kappa shape index (κ2) is 7.01. The molecule has 0 aromatic heterocycles. The van der Waals surface area contributed by atoms with Crippen LogP contribution >= 0.6 is 0 Å². The van der Waals surface area contributed by atoms with Crippen LogP contribution in [0.15, 0.2) is 24.3 Å². The molecule has 0 bridgehead atoms. The molecule has 0 saturated heterocycles. The number of hydrogen-bond acceptors (Lipinski definition) is 3. The molecule has 0 spiro atoms. The third kappa shape index (κ3) is 4.04. The summed E-state index contributed by atoms with van der Waals surface area (Å²) < 4.78 is 5.16. The number of carboxylic acids is 1. The molecular formula is C14H21NO3. The third-order valence-corrected chi connectivity index (χ3v) is 2.92. The Morgan fingerprint density at radius 2 is 2.22 bits per heavy atom. The van der Waals surface area contributed by atoms with Crippen molar-refractivity contribution < 1.29 is 14.6 Å². The fourth-order valence-electron chi connectivity index (χ4n) is 1.88. The lowest BCUT2D eigenvalue weighted by Gasteiger charge is -2.20. The monoisotopic (exact) mass is 251 g/mol. The van der Waals surface area contributed by atoms with Crippen LogP contribution in [-0.4, -0.2) is 24.2 Å². The zero-order chi connectivity index (χ0) is 13.5. The van der Waals surface area contributed by atoms with Gasteiger partial charge in [0.25, 0.3) is 0 Å². The van der Waals surface area contributed by atoms with Gasteiger partial charge in [0.1, 0.15) is 11.8 Å². The van der Waals surface area contributed by atoms with Crippen LogP contribution in [0.1, 0.15) is 38.3 Å². The van der Waals surface area contributed by atoms with Crippen LogP contribution in [0.5, 0.6) is 5.75 Å². The number of benzene rings is 1. The lowest BCUT2D eigenvalue weighted by atomic mass is 10.1. The molecule has 0 saturated carbocycles. The van der Waals surface area contributed by atoms with Crippen molar-refractivity contribution in [3.63, 3.8) is 0 Å². The van der Waals surface area contributed by atoms with Crippen LogP contribution < -0.4 is 10.1 Å². The fraction of sp³-hybridized carbons (Fsp3) is 0.500. The zero-order valence-corrected chi connectivity index (χ0v) is 11.1. The summed E-state index contributed by atoms with van der Waals surface area (Å²) in [5, 5.41) is 12.2. The standard InChI is InChI=1S/C14H21NO3/c1-4-6-13(14(16)17)15-10(2)11-7-5-8-12(9-11)18-3/h5,7-10,13,15H,4,6H2,1-3H3,(H,16,17)/t10-,13?/m0/s1. The van der Waals surface area contributed by atoms with E-state index in [1.54, 1.807) is 7.11 Å². The van der Waals surface area contributed by atoms with Gasteiger partial charge in [-0.05, 0) is 31.0 Å². The molecule has 0 fully saturated rings. The zero-order valence-electron chi connectivity index (χ0n) is 11.1. The van der Waals surface area contributed by atoms with Crippen LogP contribution in [0, 0.1) is 0 Å². The molecule has 1 aromatic rings. The second-order valence-corrected chi connectivity index (χ2v) is 4.34. The lowest BCUT2D eigenvalue weighted by molar-refractivity contribution is -0.139. The van der Waals surface area contributed by atoms with E-state index in [-0.39, 0.29) is 6.04 Å². The van der Waals surface area contributed by atoms with E-state index in [0.29, 0.717) is 6.42 Å². The maximum atomic E-state index is 11.1. The molecule has 0 radical (unpaired) electrons. The van der Waals surface area contributed by atoms with Crippen molar-refractivity contribution in [2.24, 2.45) is 0 Å². The van der Waals surface area contributed by atoms with Gasteiger partial charge in [0.2, 0.25) is 0 Å². The molecule has 2 N–H and O–H groups in total. The topological polar surface area (TPSA) is 58.6 Å². The number of methoxy groups -OCH3 is 1. The first-order chi connectivity index (χ1) is 8.58. The first kappa shape index (κ1) is 14.5. The summed E-state index contributed by atoms with van der Waals surface area (Å²) in [6.07, 6.45) is 1.47. The molecule has 18 heavy (non-hydrogen) atoms. The summed E-state index contributed by atoms with van der Waals surface area (Å²) in [6, 6.07) is 7.14. The van der Waals surface area contributed by atoms with Gasteiger partial charge in [-0.2, -0.15) is 0 Å². The molecular weight excluding hydrogens is 230 g/mol. The molecule has 0 heterocycles. The van der Waals surface area contributed by atoms with E-state index in [4.69, 9.17) is 9.84 Å². The van der Waals surface area contributed by atoms with Crippen molar-refractivity contribution in [1.29, 1.82) is 0 Å². The molecule has 4 heteroatoms. The number of ether oxygens (including phenoxy) is 1. The molecule has 0 aliphatic rings. The number of hydrogen-bond donors (Lipinski definition) is 2. The van der Waals surface area contributed by atoms with E-state index in [1.807, 2.05) is 38.1 Å². The fourth-order valence-corrected chi connectivity index (χ4v) is 1.88. The van der Waals surface area contributed by atoms with Crippen LogP contribution in [-0.2, 0) is 4.79 Å². The Morgan fingerprint density at radius 3 is 2.78 bits per heavy atom. The second-order valence-electron chi connectivity index (χ2n) is 4.34. The highest BCUT2D eigenvalue weighted by atomic mass is 16.5. The van der Waals surface area contributed by atoms with Crippen molar-refractivity contribution in [1.82, 2.24) is 5.32 Å². The summed E-state index contributed by atoms with van der Waals surface area (Å²) >= 11 is 0. The highest BCUT2D eigenvalue weighted by Crippen LogP contribution is 2.19. The van der Waals surface area contributed by atoms with Gasteiger partial charge in [-0.3, -0.25) is 10.1 Å². The Kier molecular flexibility index (Phi) is 5.65. The van der Waals surface area contributed by atoms with E-state index >= 15 is 0 Å². The Hall–Kier alpha value is -1.55. The van der Waals surface area contributed by atoms with Crippen LogP contribution in [0.4, 0.5) is 0 Å². The van der Waals surface area contributed by atoms with Gasteiger partial charge in [-0.15, -0.1) is 0 Å². The largest absolute Gasteiger partial charge is 0.497 e. The average molecular weight is 251 g/mol. The minimum absolute atomic E-state index is 0.0206. The van der Waals surface area contributed by atoms with E-state index < -0.39 is 12.0 Å². The van der Waals surface area contributed by atoms with Crippen LogP contribution in [0.2, 0.25) is 0 Å². The SMILES string of the molecule is CCCC(N[C@@H](C)c1cccc(OC)c1)C(=O)O. The molecule has 2 atom stereocenters. The van der Waals surface area contributed by atoms with Crippen LogP contribution in [0.3, 0.4) is 0 Å². The van der Waals surface area contributed by atoms with E-state index in [1.165, 1.54) is 0 Å². The van der Waals surface area contributed by atoms with E-state index in [9.17, 15) is 4.79 Å². The third-order valence-electron chi connectivity index (χ3n) is 2.92. The van der Waals surface area contributed by atoms with Gasteiger partial charge in [0.15, 0.2) is 0 Å². The first-order valence-electron chi connectivity index (χ1n) is 6.21. The molecule has 1 rings (SSSR count). The minimum atomic E-state index is -0.799. The van der Waals surface area contributed by atoms with Gasteiger partial charge in [-0.25, -0.2) is 0 Å². The normalized spacial score (nSPS) is 13.9. The maximum Gasteiger partial charge on any atom is 0.320 e. The van der Waals surface area contributed by atoms with Crippen molar-refractivity contribution in [2.75, 3.05) is 7.11 Å². The van der Waals surface area contributed by atoms with Crippen molar-refractivity contribution in [3.05, 3.63) is 29.8 Å². The average Bonchev–Trinajstić information content (AvgIpc) is 2.38. The Labute approximate surface area is 108 Å². The van der Waals surface area contributed by atoms with Crippen LogP contribution in [0.25, 0.3) is 0 Å². The molecule has 1 aromatic carbocycles. The molecule has 4 nitrogen and oxygen atoms in total. The highest BCUT2D eigenvalue weighted by molar-refractivity contribution is 5.73. The summed E-state index contributed by atoms with van der Waals surface area (Å²) in [5.41, 5.74) is 1.02. The highest BCUT2D eigenvalue weighted by Gasteiger charge is 2.19. The maximum absolute atomic E-state index is 11.1. The smallest absolute Gasteiger partial charge is 0.320 e. The Bertz CT molecular complexity index is 392. The summed E-state index contributed by atoms with van der Waals surface area (Å²) in [5.74, 6) is -0.0184. The minimum Gasteiger partial charge on any atom is -0.497 e. The Balaban J connectivity index is 2.73. The summed E-state index contributed by atoms with van der Waals surface area (Å²) in [4.78, 5) is 11.1. The number of carbonyl (C=O) groups is 1. The number of carboxylic acid groups (broad SMARTS) is 1. The van der Waals surface area contributed by atoms with Gasteiger partial charge < -0.3 is 9.84 Å². The molecule has 0 amide bonds. The lowest BCUT2D eigenvalue weighted by Crippen LogP contribution is -2.38. The number of rotatable bonds is 7. The first-order valence-corrected chi connectivity index (χ1v) is 6.21. The van der Waals surface area contributed by atoms with Gasteiger partial charge >= 0.3 is 5.97 Å². The molecule has 0 aliphatic heterocycles. The predicted molar refractivity (Wildman–Crippen MR) is 70.9 cm³/mol. The molecule has 100 valence electrons. The van der Waals surface area contributed by atoms with Gasteiger partial charge in [-0.1, -0.05) is 25.5 Å². The summed E-state index contributed by atoms with van der Waals surface area (Å²) in [6.45, 7) is 3.94. The number of nitrogens with one attached hydrogen (secondary N) is 1. The van der Waals surface area contributed by atoms with Gasteiger partial charge in [0, 0.05) is 6.04 Å². The van der Waals surface area contributed by atoms with Gasteiger partial charge in [0.05, 0.1) is 7.11 Å². The van der Waals surface area contributed by atoms with Crippen molar-refractivity contribution in [2.45, 2.75) is 38.8 Å². The molecule has 0 aliphatic carbocycles. The quantitative estimate of drug-likeness (QED) is 0.782. The van der Waals surface area contributed by atoms with Crippen molar-refractivity contribution in [3.8, 4) is 5.75 Å². The van der Waals surface area contributed by atoms with E-state index in [0.717, 1.165) is 17.7 Å². The predicted octanol–water partition coefficient (Wildman–Crippen LogP) is 2.60. The summed E-state index contributed by atoms with van der Waals surface area (Å²) in [7, 11) is 1.62. The molecule has 1 unspecified atom stereocenters. The number of aliphatic carboxylic acids is 1. The van der Waals surface area contributed by atoms with Crippen molar-refractivity contribution >= 4 is 5.97 Å².